The lowest BCUT2D eigenvalue weighted by molar-refractivity contribution is -0.384. The van der Waals surface area contributed by atoms with Crippen molar-refractivity contribution in [3.8, 4) is 0 Å². The summed E-state index contributed by atoms with van der Waals surface area (Å²) < 4.78 is 37.2. The summed E-state index contributed by atoms with van der Waals surface area (Å²) in [5, 5.41) is 14.2. The molecule has 1 amide bonds. The molecule has 0 spiro atoms. The molecule has 6 nitrogen and oxygen atoms in total. The molecule has 0 fully saturated rings. The van der Waals surface area contributed by atoms with Crippen molar-refractivity contribution in [3.05, 3.63) is 34.4 Å². The zero-order valence-electron chi connectivity index (χ0n) is 9.22. The number of carbonyl (C=O) groups excluding carboxylic acids is 1. The summed E-state index contributed by atoms with van der Waals surface area (Å²) in [6, 6.07) is 4.69. The quantitative estimate of drug-likeness (QED) is 0.612. The maximum atomic E-state index is 12.4. The van der Waals surface area contributed by atoms with E-state index in [0.717, 1.165) is 6.07 Å². The van der Waals surface area contributed by atoms with Crippen LogP contribution < -0.4 is 5.01 Å². The van der Waals surface area contributed by atoms with Gasteiger partial charge < -0.3 is 0 Å². The zero-order chi connectivity index (χ0) is 14.2. The standard InChI is InChI=1S/C10H6F3N3O3/c11-10(12,13)8-5-9(17)15(14-8)6-2-1-3-7(4-6)16(18)19/h1-4H,5H2. The van der Waals surface area contributed by atoms with Gasteiger partial charge in [0.1, 0.15) is 0 Å². The highest BCUT2D eigenvalue weighted by atomic mass is 19.4. The molecule has 0 unspecified atom stereocenters. The number of alkyl halides is 3. The maximum Gasteiger partial charge on any atom is 0.431 e. The Hall–Kier alpha value is -2.45. The average molecular weight is 273 g/mol. The summed E-state index contributed by atoms with van der Waals surface area (Å²) >= 11 is 0. The largest absolute Gasteiger partial charge is 0.431 e. The molecular formula is C10H6F3N3O3. The normalized spacial score (nSPS) is 15.6. The van der Waals surface area contributed by atoms with Gasteiger partial charge in [-0.15, -0.1) is 0 Å². The third-order valence-corrected chi connectivity index (χ3v) is 2.39. The summed E-state index contributed by atoms with van der Waals surface area (Å²) in [7, 11) is 0. The van der Waals surface area contributed by atoms with Gasteiger partial charge in [-0.2, -0.15) is 23.3 Å². The van der Waals surface area contributed by atoms with Gasteiger partial charge in [0.05, 0.1) is 17.0 Å². The van der Waals surface area contributed by atoms with Crippen molar-refractivity contribution in [2.75, 3.05) is 5.01 Å². The van der Waals surface area contributed by atoms with Crippen molar-refractivity contribution in [2.24, 2.45) is 5.10 Å². The van der Waals surface area contributed by atoms with Crippen molar-refractivity contribution in [3.63, 3.8) is 0 Å². The van der Waals surface area contributed by atoms with Gasteiger partial charge >= 0.3 is 6.18 Å². The highest BCUT2D eigenvalue weighted by Crippen LogP contribution is 2.29. The predicted octanol–water partition coefficient (Wildman–Crippen LogP) is 2.25. The molecule has 1 heterocycles. The number of nitro groups is 1. The van der Waals surface area contributed by atoms with Crippen LogP contribution >= 0.6 is 0 Å². The second kappa shape index (κ2) is 4.34. The lowest BCUT2D eigenvalue weighted by Gasteiger charge is -2.10. The van der Waals surface area contributed by atoms with Crippen LogP contribution in [0.2, 0.25) is 0 Å². The molecule has 9 heteroatoms. The third-order valence-electron chi connectivity index (χ3n) is 2.39. The highest BCUT2D eigenvalue weighted by molar-refractivity contribution is 6.14. The van der Waals surface area contributed by atoms with Crippen molar-refractivity contribution in [2.45, 2.75) is 12.6 Å². The van der Waals surface area contributed by atoms with E-state index in [1.54, 1.807) is 0 Å². The van der Waals surface area contributed by atoms with E-state index >= 15 is 0 Å². The summed E-state index contributed by atoms with van der Waals surface area (Å²) in [5.74, 6) is -0.882. The van der Waals surface area contributed by atoms with Gasteiger partial charge in [0.25, 0.3) is 11.6 Å². The fourth-order valence-corrected chi connectivity index (χ4v) is 1.53. The molecule has 1 aliphatic heterocycles. The fraction of sp³-hybridized carbons (Fsp3) is 0.200. The van der Waals surface area contributed by atoms with Gasteiger partial charge in [0.2, 0.25) is 0 Å². The number of hydrazone groups is 1. The number of hydrogen-bond acceptors (Lipinski definition) is 4. The lowest BCUT2D eigenvalue weighted by Crippen LogP contribution is -2.22. The molecule has 0 saturated heterocycles. The Morgan fingerprint density at radius 3 is 2.58 bits per heavy atom. The fourth-order valence-electron chi connectivity index (χ4n) is 1.53. The summed E-state index contributed by atoms with van der Waals surface area (Å²) in [4.78, 5) is 21.3. The smallest absolute Gasteiger partial charge is 0.272 e. The van der Waals surface area contributed by atoms with Gasteiger partial charge in [0.15, 0.2) is 5.71 Å². The van der Waals surface area contributed by atoms with Crippen LogP contribution in [-0.4, -0.2) is 22.7 Å². The van der Waals surface area contributed by atoms with Crippen LogP contribution in [0.25, 0.3) is 0 Å². The Labute approximate surface area is 104 Å². The molecule has 100 valence electrons. The van der Waals surface area contributed by atoms with Crippen LogP contribution in [0.3, 0.4) is 0 Å². The van der Waals surface area contributed by atoms with E-state index in [-0.39, 0.29) is 11.4 Å². The summed E-state index contributed by atoms with van der Waals surface area (Å²) in [6.07, 6.45) is -5.56. The van der Waals surface area contributed by atoms with Gasteiger partial charge in [-0.1, -0.05) is 6.07 Å². The summed E-state index contributed by atoms with van der Waals surface area (Å²) in [6.45, 7) is 0. The van der Waals surface area contributed by atoms with Gasteiger partial charge in [-0.3, -0.25) is 14.9 Å². The van der Waals surface area contributed by atoms with Gasteiger partial charge in [0, 0.05) is 12.1 Å². The molecule has 0 saturated carbocycles. The van der Waals surface area contributed by atoms with Gasteiger partial charge in [-0.25, -0.2) is 0 Å². The molecule has 0 radical (unpaired) electrons. The molecule has 0 aliphatic carbocycles. The Bertz CT molecular complexity index is 583. The molecule has 0 N–H and O–H groups in total. The number of halogens is 3. The minimum atomic E-state index is -4.69. The monoisotopic (exact) mass is 273 g/mol. The van der Waals surface area contributed by atoms with Crippen molar-refractivity contribution in [1.29, 1.82) is 0 Å². The van der Waals surface area contributed by atoms with Crippen LogP contribution in [0, 0.1) is 10.1 Å². The van der Waals surface area contributed by atoms with Crippen molar-refractivity contribution >= 4 is 23.0 Å². The lowest BCUT2D eigenvalue weighted by atomic mass is 10.2. The zero-order valence-corrected chi connectivity index (χ0v) is 9.22. The van der Waals surface area contributed by atoms with Crippen LogP contribution in [0.5, 0.6) is 0 Å². The van der Waals surface area contributed by atoms with E-state index < -0.39 is 29.1 Å². The Balaban J connectivity index is 2.37. The average Bonchev–Trinajstić information content (AvgIpc) is 2.71. The van der Waals surface area contributed by atoms with E-state index in [1.165, 1.54) is 18.2 Å². The molecule has 1 aromatic carbocycles. The number of amides is 1. The molecule has 0 aromatic heterocycles. The first kappa shape index (κ1) is 13.0. The number of anilines is 1. The first-order chi connectivity index (χ1) is 8.79. The molecule has 1 aliphatic rings. The third kappa shape index (κ3) is 2.54. The number of benzene rings is 1. The second-order valence-corrected chi connectivity index (χ2v) is 3.70. The van der Waals surface area contributed by atoms with Crippen molar-refractivity contribution in [1.82, 2.24) is 0 Å². The van der Waals surface area contributed by atoms with E-state index in [2.05, 4.69) is 5.10 Å². The van der Waals surface area contributed by atoms with E-state index in [1.807, 2.05) is 0 Å². The number of nitrogens with zero attached hydrogens (tertiary/aromatic N) is 3. The van der Waals surface area contributed by atoms with E-state index in [4.69, 9.17) is 0 Å². The summed E-state index contributed by atoms with van der Waals surface area (Å²) in [5.41, 5.74) is -1.62. The number of nitro benzene ring substituents is 1. The number of carbonyl (C=O) groups is 1. The Kier molecular flexibility index (Phi) is 2.97. The van der Waals surface area contributed by atoms with Crippen LogP contribution in [0.1, 0.15) is 6.42 Å². The maximum absolute atomic E-state index is 12.4. The molecule has 0 atom stereocenters. The highest BCUT2D eigenvalue weighted by Gasteiger charge is 2.42. The molecular weight excluding hydrogens is 267 g/mol. The number of rotatable bonds is 2. The van der Waals surface area contributed by atoms with Crippen LogP contribution in [0.15, 0.2) is 29.4 Å². The minimum Gasteiger partial charge on any atom is -0.272 e. The number of non-ortho nitro benzene ring substituents is 1. The van der Waals surface area contributed by atoms with Gasteiger partial charge in [-0.05, 0) is 6.07 Å². The topological polar surface area (TPSA) is 75.8 Å². The van der Waals surface area contributed by atoms with Crippen LogP contribution in [-0.2, 0) is 4.79 Å². The number of hydrogen-bond donors (Lipinski definition) is 0. The Morgan fingerprint density at radius 2 is 2.05 bits per heavy atom. The first-order valence-electron chi connectivity index (χ1n) is 5.01. The molecule has 19 heavy (non-hydrogen) atoms. The SMILES string of the molecule is O=C1CC(C(F)(F)F)=NN1c1cccc([N+](=O)[O-])c1. The van der Waals surface area contributed by atoms with Crippen molar-refractivity contribution < 1.29 is 22.9 Å². The minimum absolute atomic E-state index is 0.0709. The van der Waals surface area contributed by atoms with E-state index in [9.17, 15) is 28.1 Å². The molecule has 1 aromatic rings. The predicted molar refractivity (Wildman–Crippen MR) is 58.7 cm³/mol. The van der Waals surface area contributed by atoms with E-state index in [0.29, 0.717) is 5.01 Å². The second-order valence-electron chi connectivity index (χ2n) is 3.70. The Morgan fingerprint density at radius 1 is 1.37 bits per heavy atom. The molecule has 0 bridgehead atoms. The first-order valence-corrected chi connectivity index (χ1v) is 5.01. The van der Waals surface area contributed by atoms with Crippen LogP contribution in [0.4, 0.5) is 24.5 Å². The molecule has 2 rings (SSSR count).